The molecular weight excluding hydrogens is 336 g/mol. The molecule has 0 aliphatic rings. The Morgan fingerprint density at radius 1 is 1.27 bits per heavy atom. The molecule has 0 fully saturated rings. The predicted molar refractivity (Wildman–Crippen MR) is 95.7 cm³/mol. The van der Waals surface area contributed by atoms with Crippen LogP contribution in [0.3, 0.4) is 0 Å². The molecule has 2 atom stereocenters. The Morgan fingerprint density at radius 2 is 1.88 bits per heavy atom. The van der Waals surface area contributed by atoms with Crippen LogP contribution in [0.5, 0.6) is 0 Å². The largest absolute Gasteiger partial charge is 0.467 e. The molecule has 138 valence electrons. The number of aliphatic hydroxyl groups is 2. The molecular formula is C19H22N2O5. The Morgan fingerprint density at radius 3 is 2.38 bits per heavy atom. The second-order valence-electron chi connectivity index (χ2n) is 6.05. The molecule has 0 spiro atoms. The number of nitrogens with one attached hydrogen (secondary N) is 1. The molecule has 1 aromatic rings. The van der Waals surface area contributed by atoms with Gasteiger partial charge in [0.2, 0.25) is 0 Å². The Labute approximate surface area is 152 Å². The van der Waals surface area contributed by atoms with E-state index in [0.29, 0.717) is 11.1 Å². The molecule has 0 bridgehead atoms. The van der Waals surface area contributed by atoms with Gasteiger partial charge in [-0.15, -0.1) is 0 Å². The summed E-state index contributed by atoms with van der Waals surface area (Å²) in [4.78, 5) is 24.1. The van der Waals surface area contributed by atoms with Gasteiger partial charge >= 0.3 is 5.97 Å². The second-order valence-corrected chi connectivity index (χ2v) is 6.05. The highest BCUT2D eigenvalue weighted by Gasteiger charge is 2.34. The Bertz CT molecular complexity index is 758. The zero-order valence-electron chi connectivity index (χ0n) is 14.9. The van der Waals surface area contributed by atoms with Crippen molar-refractivity contribution < 1.29 is 24.5 Å². The average molecular weight is 358 g/mol. The third-order valence-corrected chi connectivity index (χ3v) is 3.28. The summed E-state index contributed by atoms with van der Waals surface area (Å²) in [6, 6.07) is 5.34. The van der Waals surface area contributed by atoms with Gasteiger partial charge in [-0.2, -0.15) is 0 Å². The lowest BCUT2D eigenvalue weighted by atomic mass is 9.95. The number of carbonyl (C=O) groups excluding carboxylic acids is 2. The molecule has 0 radical (unpaired) electrons. The number of rotatable bonds is 5. The van der Waals surface area contributed by atoms with Gasteiger partial charge in [-0.1, -0.05) is 11.8 Å². The van der Waals surface area contributed by atoms with Gasteiger partial charge in [0.15, 0.2) is 0 Å². The minimum Gasteiger partial charge on any atom is -0.467 e. The monoisotopic (exact) mass is 358 g/mol. The number of benzene rings is 1. The SMILES string of the molecule is COC(=O)C(NC(=O)c1ccc(C#CC#C[C@H](O)CO)cc1)C(C)(C)N. The van der Waals surface area contributed by atoms with E-state index in [-0.39, 0.29) is 0 Å². The first-order valence-electron chi connectivity index (χ1n) is 7.77. The summed E-state index contributed by atoms with van der Waals surface area (Å²) in [5.41, 5.74) is 5.87. The molecule has 0 saturated heterocycles. The first-order chi connectivity index (χ1) is 12.2. The van der Waals surface area contributed by atoms with Crippen LogP contribution in [-0.4, -0.2) is 53.5 Å². The Hall–Kier alpha value is -2.84. The highest BCUT2D eigenvalue weighted by molar-refractivity contribution is 5.97. The van der Waals surface area contributed by atoms with Crippen LogP contribution in [0.1, 0.15) is 29.8 Å². The highest BCUT2D eigenvalue weighted by atomic mass is 16.5. The molecule has 0 heterocycles. The summed E-state index contributed by atoms with van der Waals surface area (Å²) in [5, 5.41) is 20.2. The first kappa shape index (κ1) is 21.2. The van der Waals surface area contributed by atoms with Crippen LogP contribution in [0.25, 0.3) is 0 Å². The summed E-state index contributed by atoms with van der Waals surface area (Å²) in [6.45, 7) is 2.77. The van der Waals surface area contributed by atoms with Gasteiger partial charge in [0.1, 0.15) is 12.1 Å². The van der Waals surface area contributed by atoms with Gasteiger partial charge in [0.05, 0.1) is 13.7 Å². The standard InChI is InChI=1S/C19H22N2O5/c1-19(2,20)16(18(25)26-3)21-17(24)14-10-8-13(9-11-14)6-4-5-7-15(23)12-22/h8-11,15-16,22-23H,12,20H2,1-3H3,(H,21,24)/t15-,16?/m0/s1. The van der Waals surface area contributed by atoms with Crippen molar-refractivity contribution in [2.45, 2.75) is 31.5 Å². The van der Waals surface area contributed by atoms with Crippen molar-refractivity contribution in [3.63, 3.8) is 0 Å². The van der Waals surface area contributed by atoms with E-state index < -0.39 is 36.2 Å². The minimum atomic E-state index is -1.12. The van der Waals surface area contributed by atoms with Gasteiger partial charge in [0.25, 0.3) is 5.91 Å². The average Bonchev–Trinajstić information content (AvgIpc) is 2.61. The fraction of sp³-hybridized carbons (Fsp3) is 0.368. The molecule has 0 aliphatic heterocycles. The van der Waals surface area contributed by atoms with Crippen molar-refractivity contribution in [1.82, 2.24) is 5.32 Å². The molecule has 1 amide bonds. The molecule has 7 nitrogen and oxygen atoms in total. The van der Waals surface area contributed by atoms with E-state index >= 15 is 0 Å². The number of ether oxygens (including phenoxy) is 1. The van der Waals surface area contributed by atoms with E-state index in [1.165, 1.54) is 7.11 Å². The fourth-order valence-corrected chi connectivity index (χ4v) is 1.85. The Balaban J connectivity index is 2.84. The maximum Gasteiger partial charge on any atom is 0.330 e. The van der Waals surface area contributed by atoms with Crippen LogP contribution in [-0.2, 0) is 9.53 Å². The lowest BCUT2D eigenvalue weighted by Gasteiger charge is -2.28. The molecule has 26 heavy (non-hydrogen) atoms. The van der Waals surface area contributed by atoms with E-state index in [1.807, 2.05) is 0 Å². The van der Waals surface area contributed by atoms with Crippen LogP contribution in [0.2, 0.25) is 0 Å². The maximum atomic E-state index is 12.3. The maximum absolute atomic E-state index is 12.3. The lowest BCUT2D eigenvalue weighted by Crippen LogP contribution is -2.59. The van der Waals surface area contributed by atoms with Crippen LogP contribution < -0.4 is 11.1 Å². The summed E-state index contributed by atoms with van der Waals surface area (Å²) < 4.78 is 4.68. The minimum absolute atomic E-state index is 0.329. The fourth-order valence-electron chi connectivity index (χ4n) is 1.85. The summed E-state index contributed by atoms with van der Waals surface area (Å²) in [5.74, 6) is 8.94. The van der Waals surface area contributed by atoms with E-state index in [2.05, 4.69) is 33.7 Å². The summed E-state index contributed by atoms with van der Waals surface area (Å²) in [7, 11) is 1.23. The van der Waals surface area contributed by atoms with Gasteiger partial charge < -0.3 is 26.0 Å². The normalized spacial score (nSPS) is 12.5. The number of amides is 1. The number of esters is 1. The lowest BCUT2D eigenvalue weighted by molar-refractivity contribution is -0.144. The zero-order chi connectivity index (χ0) is 19.7. The number of hydrogen-bond donors (Lipinski definition) is 4. The van der Waals surface area contributed by atoms with Crippen molar-refractivity contribution in [2.75, 3.05) is 13.7 Å². The van der Waals surface area contributed by atoms with Crippen LogP contribution >= 0.6 is 0 Å². The molecule has 5 N–H and O–H groups in total. The quantitative estimate of drug-likeness (QED) is 0.412. The van der Waals surface area contributed by atoms with Gasteiger partial charge in [-0.05, 0) is 50.0 Å². The third kappa shape index (κ3) is 6.58. The van der Waals surface area contributed by atoms with E-state index in [4.69, 9.17) is 15.9 Å². The molecule has 0 aromatic heterocycles. The number of nitrogens with two attached hydrogens (primary N) is 1. The smallest absolute Gasteiger partial charge is 0.330 e. The number of hydrogen-bond acceptors (Lipinski definition) is 6. The predicted octanol–water partition coefficient (Wildman–Crippen LogP) is -0.597. The summed E-state index contributed by atoms with van der Waals surface area (Å²) >= 11 is 0. The molecule has 1 rings (SSSR count). The molecule has 0 aliphatic carbocycles. The highest BCUT2D eigenvalue weighted by Crippen LogP contribution is 2.10. The number of methoxy groups -OCH3 is 1. The van der Waals surface area contributed by atoms with Crippen LogP contribution in [0, 0.1) is 23.7 Å². The Kier molecular flexibility index (Phi) is 7.82. The second kappa shape index (κ2) is 9.59. The van der Waals surface area contributed by atoms with E-state index in [0.717, 1.165) is 0 Å². The van der Waals surface area contributed by atoms with Gasteiger partial charge in [0, 0.05) is 16.7 Å². The van der Waals surface area contributed by atoms with Crippen molar-refractivity contribution in [3.05, 3.63) is 35.4 Å². The van der Waals surface area contributed by atoms with E-state index in [1.54, 1.807) is 38.1 Å². The van der Waals surface area contributed by atoms with E-state index in [9.17, 15) is 9.59 Å². The molecule has 7 heteroatoms. The molecule has 0 saturated carbocycles. The molecule has 1 aromatic carbocycles. The van der Waals surface area contributed by atoms with Gasteiger partial charge in [-0.25, -0.2) is 4.79 Å². The zero-order valence-corrected chi connectivity index (χ0v) is 14.9. The van der Waals surface area contributed by atoms with Crippen molar-refractivity contribution in [2.24, 2.45) is 5.73 Å². The van der Waals surface area contributed by atoms with Crippen LogP contribution in [0.4, 0.5) is 0 Å². The molecule has 1 unspecified atom stereocenters. The number of carbonyl (C=O) groups is 2. The van der Waals surface area contributed by atoms with Crippen molar-refractivity contribution in [3.8, 4) is 23.7 Å². The first-order valence-corrected chi connectivity index (χ1v) is 7.77. The topological polar surface area (TPSA) is 122 Å². The third-order valence-electron chi connectivity index (χ3n) is 3.28. The van der Waals surface area contributed by atoms with Gasteiger partial charge in [-0.3, -0.25) is 4.79 Å². The van der Waals surface area contributed by atoms with Crippen molar-refractivity contribution in [1.29, 1.82) is 0 Å². The van der Waals surface area contributed by atoms with Crippen LogP contribution in [0.15, 0.2) is 24.3 Å². The number of aliphatic hydroxyl groups excluding tert-OH is 2. The summed E-state index contributed by atoms with van der Waals surface area (Å²) in [6.07, 6.45) is -1.12. The van der Waals surface area contributed by atoms with Crippen molar-refractivity contribution >= 4 is 11.9 Å².